The number of ketones is 1. The van der Waals surface area contributed by atoms with Gasteiger partial charge < -0.3 is 10.6 Å². The number of benzodiazepines with no additional fused rings is 1. The number of carbonyl (C=O) groups is 3. The number of anilines is 2. The van der Waals surface area contributed by atoms with Crippen LogP contribution in [0.4, 0.5) is 16.2 Å². The van der Waals surface area contributed by atoms with Gasteiger partial charge in [-0.1, -0.05) is 43.2 Å². The van der Waals surface area contributed by atoms with E-state index in [1.54, 1.807) is 25.4 Å². The zero-order valence-electron chi connectivity index (χ0n) is 21.6. The summed E-state index contributed by atoms with van der Waals surface area (Å²) in [6.07, 6.45) is 5.79. The SMILES string of the molecule is Cc1cccc(NC(=O)NC2N=C(c3ccncc3)c3ccccc3N(C(C)C(=O)C3CCCC3)C2=O)c1. The van der Waals surface area contributed by atoms with Crippen LogP contribution in [0.2, 0.25) is 0 Å². The van der Waals surface area contributed by atoms with Gasteiger partial charge in [-0.15, -0.1) is 0 Å². The van der Waals surface area contributed by atoms with E-state index in [4.69, 9.17) is 4.99 Å². The Balaban J connectivity index is 1.55. The number of hydrogen-bond donors (Lipinski definition) is 2. The quantitative estimate of drug-likeness (QED) is 0.495. The highest BCUT2D eigenvalue weighted by Gasteiger charge is 2.39. The van der Waals surface area contributed by atoms with Gasteiger partial charge in [0.25, 0.3) is 5.91 Å². The number of amides is 3. The highest BCUT2D eigenvalue weighted by molar-refractivity contribution is 6.21. The first kappa shape index (κ1) is 25.3. The summed E-state index contributed by atoms with van der Waals surface area (Å²) >= 11 is 0. The molecule has 3 aromatic rings. The van der Waals surface area contributed by atoms with Crippen LogP contribution >= 0.6 is 0 Å². The van der Waals surface area contributed by atoms with Crippen molar-refractivity contribution in [1.29, 1.82) is 0 Å². The maximum absolute atomic E-state index is 14.1. The molecular formula is C30H31N5O3. The third-order valence-corrected chi connectivity index (χ3v) is 7.20. The Morgan fingerprint density at radius 2 is 1.74 bits per heavy atom. The van der Waals surface area contributed by atoms with Crippen LogP contribution in [0.25, 0.3) is 0 Å². The van der Waals surface area contributed by atoms with Crippen LogP contribution in [0.3, 0.4) is 0 Å². The molecule has 2 unspecified atom stereocenters. The van der Waals surface area contributed by atoms with Gasteiger partial charge in [-0.25, -0.2) is 9.79 Å². The zero-order chi connectivity index (χ0) is 26.6. The molecule has 1 aliphatic carbocycles. The summed E-state index contributed by atoms with van der Waals surface area (Å²) in [7, 11) is 0. The van der Waals surface area contributed by atoms with Crippen LogP contribution in [0.1, 0.15) is 49.3 Å². The van der Waals surface area contributed by atoms with Gasteiger partial charge in [0.1, 0.15) is 0 Å². The number of carbonyl (C=O) groups excluding carboxylic acids is 3. The molecular weight excluding hydrogens is 478 g/mol. The van der Waals surface area contributed by atoms with E-state index < -0.39 is 24.1 Å². The number of aliphatic imine (C=N–C) groups is 1. The van der Waals surface area contributed by atoms with E-state index in [1.165, 1.54) is 4.90 Å². The monoisotopic (exact) mass is 509 g/mol. The molecule has 194 valence electrons. The summed E-state index contributed by atoms with van der Waals surface area (Å²) in [5.41, 5.74) is 4.19. The summed E-state index contributed by atoms with van der Waals surface area (Å²) in [4.78, 5) is 51.1. The number of nitrogens with one attached hydrogen (secondary N) is 2. The van der Waals surface area contributed by atoms with E-state index in [9.17, 15) is 14.4 Å². The molecule has 3 amide bonds. The Morgan fingerprint density at radius 1 is 1.00 bits per heavy atom. The molecule has 0 saturated heterocycles. The minimum atomic E-state index is -1.24. The van der Waals surface area contributed by atoms with Crippen LogP contribution < -0.4 is 15.5 Å². The first-order valence-corrected chi connectivity index (χ1v) is 13.0. The lowest BCUT2D eigenvalue weighted by molar-refractivity contribution is -0.127. The average molecular weight is 510 g/mol. The standard InChI is InChI=1S/C30H31N5O3/c1-19-8-7-11-23(18-19)32-30(38)34-28-29(37)35(20(2)27(36)22-9-3-4-10-22)25-13-6-5-12-24(25)26(33-28)21-14-16-31-17-15-21/h5-8,11-18,20,22,28H,3-4,9-10H2,1-2H3,(H2,32,34,38). The van der Waals surface area contributed by atoms with Gasteiger partial charge in [-0.05, 0) is 62.6 Å². The average Bonchev–Trinajstić information content (AvgIpc) is 3.43. The fourth-order valence-electron chi connectivity index (χ4n) is 5.31. The summed E-state index contributed by atoms with van der Waals surface area (Å²) in [5.74, 6) is -0.481. The number of urea groups is 1. The zero-order valence-corrected chi connectivity index (χ0v) is 21.6. The number of para-hydroxylation sites is 1. The fourth-order valence-corrected chi connectivity index (χ4v) is 5.31. The molecule has 2 aromatic carbocycles. The smallest absolute Gasteiger partial charge is 0.308 e. The largest absolute Gasteiger partial charge is 0.321 e. The second-order valence-corrected chi connectivity index (χ2v) is 9.87. The molecule has 2 aliphatic rings. The number of pyridine rings is 1. The molecule has 38 heavy (non-hydrogen) atoms. The van der Waals surface area contributed by atoms with Crippen molar-refractivity contribution in [2.24, 2.45) is 10.9 Å². The molecule has 2 N–H and O–H groups in total. The highest BCUT2D eigenvalue weighted by atomic mass is 16.2. The van der Waals surface area contributed by atoms with Gasteiger partial charge in [0.2, 0.25) is 6.17 Å². The summed E-state index contributed by atoms with van der Waals surface area (Å²) in [6.45, 7) is 3.71. The second-order valence-electron chi connectivity index (χ2n) is 9.87. The van der Waals surface area contributed by atoms with Gasteiger partial charge in [0, 0.05) is 35.1 Å². The number of hydrogen-bond acceptors (Lipinski definition) is 5. The lowest BCUT2D eigenvalue weighted by atomic mass is 9.95. The minimum Gasteiger partial charge on any atom is -0.308 e. The first-order chi connectivity index (χ1) is 18.4. The lowest BCUT2D eigenvalue weighted by Crippen LogP contribution is -2.53. The molecule has 1 fully saturated rings. The molecule has 0 bridgehead atoms. The van der Waals surface area contributed by atoms with Crippen molar-refractivity contribution in [2.75, 3.05) is 10.2 Å². The predicted molar refractivity (Wildman–Crippen MR) is 147 cm³/mol. The maximum Gasteiger partial charge on any atom is 0.321 e. The van der Waals surface area contributed by atoms with Crippen LogP contribution in [0.15, 0.2) is 78.0 Å². The van der Waals surface area contributed by atoms with Crippen molar-refractivity contribution < 1.29 is 14.4 Å². The number of aromatic nitrogens is 1. The van der Waals surface area contributed by atoms with E-state index in [-0.39, 0.29) is 11.7 Å². The van der Waals surface area contributed by atoms with Crippen molar-refractivity contribution in [3.63, 3.8) is 0 Å². The molecule has 8 nitrogen and oxygen atoms in total. The van der Waals surface area contributed by atoms with Crippen molar-refractivity contribution in [1.82, 2.24) is 10.3 Å². The van der Waals surface area contributed by atoms with Crippen molar-refractivity contribution in [2.45, 2.75) is 51.7 Å². The molecule has 1 saturated carbocycles. The third kappa shape index (κ3) is 5.20. The van der Waals surface area contributed by atoms with Gasteiger partial charge >= 0.3 is 6.03 Å². The van der Waals surface area contributed by atoms with Crippen molar-refractivity contribution >= 4 is 34.8 Å². The second kappa shape index (κ2) is 11.0. The highest BCUT2D eigenvalue weighted by Crippen LogP contribution is 2.33. The van der Waals surface area contributed by atoms with Crippen molar-refractivity contribution in [3.05, 3.63) is 89.7 Å². The number of aryl methyl sites for hydroxylation is 1. The molecule has 0 radical (unpaired) electrons. The van der Waals surface area contributed by atoms with Crippen LogP contribution in [-0.2, 0) is 9.59 Å². The molecule has 1 aromatic heterocycles. The Bertz CT molecular complexity index is 1380. The number of benzene rings is 2. The van der Waals surface area contributed by atoms with Gasteiger partial charge in [0.05, 0.1) is 17.4 Å². The van der Waals surface area contributed by atoms with Crippen LogP contribution in [0, 0.1) is 12.8 Å². The lowest BCUT2D eigenvalue weighted by Gasteiger charge is -2.31. The van der Waals surface area contributed by atoms with Crippen molar-refractivity contribution in [3.8, 4) is 0 Å². The van der Waals surface area contributed by atoms with E-state index in [0.717, 1.165) is 36.8 Å². The normalized spacial score (nSPS) is 18.3. The van der Waals surface area contributed by atoms with Gasteiger partial charge in [0.15, 0.2) is 5.78 Å². The molecule has 0 spiro atoms. The summed E-state index contributed by atoms with van der Waals surface area (Å²) in [5, 5.41) is 5.54. The molecule has 2 atom stereocenters. The Kier molecular flexibility index (Phi) is 7.31. The Hall–Kier alpha value is -4.33. The molecule has 1 aliphatic heterocycles. The molecule has 8 heteroatoms. The predicted octanol–water partition coefficient (Wildman–Crippen LogP) is 4.87. The minimum absolute atomic E-state index is 0.0426. The van der Waals surface area contributed by atoms with Gasteiger partial charge in [-0.2, -0.15) is 0 Å². The third-order valence-electron chi connectivity index (χ3n) is 7.20. The number of nitrogens with zero attached hydrogens (tertiary/aromatic N) is 3. The number of Topliss-reactive ketones (excluding diaryl/α,β-unsaturated/α-hetero) is 1. The van der Waals surface area contributed by atoms with Gasteiger partial charge in [-0.3, -0.25) is 19.5 Å². The molecule has 5 rings (SSSR count). The van der Waals surface area contributed by atoms with Crippen LogP contribution in [-0.4, -0.2) is 40.6 Å². The Labute approximate surface area is 222 Å². The van der Waals surface area contributed by atoms with E-state index in [0.29, 0.717) is 22.6 Å². The summed E-state index contributed by atoms with van der Waals surface area (Å²) in [6, 6.07) is 17.2. The number of fused-ring (bicyclic) bond motifs is 1. The maximum atomic E-state index is 14.1. The Morgan fingerprint density at radius 3 is 2.47 bits per heavy atom. The summed E-state index contributed by atoms with van der Waals surface area (Å²) < 4.78 is 0. The molecule has 2 heterocycles. The topological polar surface area (TPSA) is 104 Å². The fraction of sp³-hybridized carbons (Fsp3) is 0.300. The van der Waals surface area contributed by atoms with E-state index >= 15 is 0 Å². The van der Waals surface area contributed by atoms with E-state index in [1.807, 2.05) is 61.5 Å². The first-order valence-electron chi connectivity index (χ1n) is 13.0. The van der Waals surface area contributed by atoms with E-state index in [2.05, 4.69) is 15.6 Å². The number of rotatable bonds is 6. The van der Waals surface area contributed by atoms with Crippen LogP contribution in [0.5, 0.6) is 0 Å².